The summed E-state index contributed by atoms with van der Waals surface area (Å²) in [5, 5.41) is 6.27. The minimum Gasteiger partial charge on any atom is -0.347 e. The molecule has 128 valence electrons. The first-order valence-corrected chi connectivity index (χ1v) is 10.2. The van der Waals surface area contributed by atoms with Crippen LogP contribution in [0.15, 0.2) is 51.6 Å². The van der Waals surface area contributed by atoms with Gasteiger partial charge < -0.3 is 10.6 Å². The van der Waals surface area contributed by atoms with Crippen molar-refractivity contribution in [2.45, 2.75) is 28.5 Å². The van der Waals surface area contributed by atoms with E-state index < -0.39 is 9.84 Å². The van der Waals surface area contributed by atoms with Crippen molar-refractivity contribution in [3.63, 3.8) is 0 Å². The molecule has 0 bridgehead atoms. The fourth-order valence-electron chi connectivity index (χ4n) is 2.72. The van der Waals surface area contributed by atoms with Gasteiger partial charge in [0, 0.05) is 12.6 Å². The zero-order valence-corrected chi connectivity index (χ0v) is 15.0. The van der Waals surface area contributed by atoms with Crippen molar-refractivity contribution in [2.75, 3.05) is 13.1 Å². The highest BCUT2D eigenvalue weighted by atomic mass is 32.2. The molecule has 24 heavy (non-hydrogen) atoms. The molecule has 2 atom stereocenters. The van der Waals surface area contributed by atoms with Gasteiger partial charge in [-0.1, -0.05) is 25.1 Å². The van der Waals surface area contributed by atoms with Gasteiger partial charge in [-0.3, -0.25) is 4.79 Å². The van der Waals surface area contributed by atoms with Gasteiger partial charge in [-0.05, 0) is 43.1 Å². The molecule has 0 aliphatic carbocycles. The number of piperidine rings is 1. The van der Waals surface area contributed by atoms with Gasteiger partial charge in [-0.2, -0.15) is 0 Å². The summed E-state index contributed by atoms with van der Waals surface area (Å²) in [6, 6.07) is 11.4. The monoisotopic (exact) mass is 364 g/mol. The number of sulfone groups is 1. The minimum atomic E-state index is -3.57. The van der Waals surface area contributed by atoms with E-state index in [4.69, 9.17) is 0 Å². The standard InChI is InChI=1S/C17H20N2O3S2/c1-12-9-10-18-11-14(12)19-17(20)15-7-8-16(23-15)24(21,22)13-5-3-2-4-6-13/h2-8,12,14,18H,9-11H2,1H3,(H,19,20). The first-order chi connectivity index (χ1) is 11.5. The zero-order chi connectivity index (χ0) is 17.2. The molecule has 1 aliphatic heterocycles. The van der Waals surface area contributed by atoms with Crippen LogP contribution < -0.4 is 10.6 Å². The Labute approximate surface area is 146 Å². The maximum absolute atomic E-state index is 12.6. The number of carbonyl (C=O) groups is 1. The molecule has 0 spiro atoms. The van der Waals surface area contributed by atoms with Gasteiger partial charge in [0.25, 0.3) is 5.91 Å². The molecule has 1 fully saturated rings. The lowest BCUT2D eigenvalue weighted by molar-refractivity contribution is 0.0919. The van der Waals surface area contributed by atoms with Crippen molar-refractivity contribution in [1.82, 2.24) is 10.6 Å². The Morgan fingerprint density at radius 2 is 1.96 bits per heavy atom. The predicted molar refractivity (Wildman–Crippen MR) is 94.1 cm³/mol. The van der Waals surface area contributed by atoms with Gasteiger partial charge in [0.05, 0.1) is 9.77 Å². The molecule has 1 aliphatic rings. The largest absolute Gasteiger partial charge is 0.347 e. The Balaban J connectivity index is 1.77. The van der Waals surface area contributed by atoms with E-state index in [1.807, 2.05) is 0 Å². The third kappa shape index (κ3) is 3.53. The summed E-state index contributed by atoms with van der Waals surface area (Å²) < 4.78 is 25.3. The van der Waals surface area contributed by atoms with Gasteiger partial charge in [-0.15, -0.1) is 11.3 Å². The molecule has 2 heterocycles. The van der Waals surface area contributed by atoms with Gasteiger partial charge in [0.15, 0.2) is 0 Å². The molecule has 1 aromatic heterocycles. The average Bonchev–Trinajstić information content (AvgIpc) is 3.09. The average molecular weight is 364 g/mol. The van der Waals surface area contributed by atoms with Crippen molar-refractivity contribution in [1.29, 1.82) is 0 Å². The molecule has 2 unspecified atom stereocenters. The van der Waals surface area contributed by atoms with E-state index in [0.717, 1.165) is 30.8 Å². The van der Waals surface area contributed by atoms with E-state index in [1.54, 1.807) is 36.4 Å². The Hall–Kier alpha value is -1.70. The third-order valence-electron chi connectivity index (χ3n) is 4.27. The van der Waals surface area contributed by atoms with Crippen LogP contribution in [0.3, 0.4) is 0 Å². The SMILES string of the molecule is CC1CCNCC1NC(=O)c1ccc(S(=O)(=O)c2ccccc2)s1. The highest BCUT2D eigenvalue weighted by molar-refractivity contribution is 7.93. The Morgan fingerprint density at radius 3 is 2.67 bits per heavy atom. The van der Waals surface area contributed by atoms with Crippen LogP contribution in [0.1, 0.15) is 23.0 Å². The van der Waals surface area contributed by atoms with Crippen LogP contribution in [0.4, 0.5) is 0 Å². The van der Waals surface area contributed by atoms with E-state index in [1.165, 1.54) is 6.07 Å². The molecular formula is C17H20N2O3S2. The molecule has 0 saturated carbocycles. The predicted octanol–water partition coefficient (Wildman–Crippen LogP) is 2.31. The summed E-state index contributed by atoms with van der Waals surface area (Å²) in [5.41, 5.74) is 0. The van der Waals surface area contributed by atoms with Crippen molar-refractivity contribution in [2.24, 2.45) is 5.92 Å². The van der Waals surface area contributed by atoms with Gasteiger partial charge in [0.2, 0.25) is 9.84 Å². The quantitative estimate of drug-likeness (QED) is 0.873. The van der Waals surface area contributed by atoms with Crippen molar-refractivity contribution in [3.05, 3.63) is 47.3 Å². The maximum Gasteiger partial charge on any atom is 0.261 e. The summed E-state index contributed by atoms with van der Waals surface area (Å²) in [6.07, 6.45) is 1.02. The number of amides is 1. The van der Waals surface area contributed by atoms with Crippen LogP contribution in [0.2, 0.25) is 0 Å². The summed E-state index contributed by atoms with van der Waals surface area (Å²) in [6.45, 7) is 3.82. The van der Waals surface area contributed by atoms with Gasteiger partial charge in [-0.25, -0.2) is 8.42 Å². The molecule has 0 radical (unpaired) electrons. The number of hydrogen-bond donors (Lipinski definition) is 2. The number of hydrogen-bond acceptors (Lipinski definition) is 5. The zero-order valence-electron chi connectivity index (χ0n) is 13.4. The fraction of sp³-hybridized carbons (Fsp3) is 0.353. The van der Waals surface area contributed by atoms with E-state index in [0.29, 0.717) is 10.8 Å². The van der Waals surface area contributed by atoms with E-state index in [2.05, 4.69) is 17.6 Å². The van der Waals surface area contributed by atoms with Gasteiger partial charge >= 0.3 is 0 Å². The van der Waals surface area contributed by atoms with E-state index in [-0.39, 0.29) is 21.1 Å². The second-order valence-electron chi connectivity index (χ2n) is 5.99. The summed E-state index contributed by atoms with van der Waals surface area (Å²) in [7, 11) is -3.57. The molecule has 2 aromatic rings. The van der Waals surface area contributed by atoms with Crippen LogP contribution in [-0.2, 0) is 9.84 Å². The molecule has 3 rings (SSSR count). The summed E-state index contributed by atoms with van der Waals surface area (Å²) in [4.78, 5) is 13.1. The number of benzene rings is 1. The van der Waals surface area contributed by atoms with E-state index in [9.17, 15) is 13.2 Å². The molecular weight excluding hydrogens is 344 g/mol. The van der Waals surface area contributed by atoms with Crippen LogP contribution >= 0.6 is 11.3 Å². The van der Waals surface area contributed by atoms with Crippen molar-refractivity contribution < 1.29 is 13.2 Å². The third-order valence-corrected chi connectivity index (χ3v) is 7.61. The normalized spacial score (nSPS) is 21.4. The van der Waals surface area contributed by atoms with Gasteiger partial charge in [0.1, 0.15) is 4.21 Å². The lowest BCUT2D eigenvalue weighted by atomic mass is 9.95. The maximum atomic E-state index is 12.6. The number of rotatable bonds is 4. The smallest absolute Gasteiger partial charge is 0.261 e. The second-order valence-corrected chi connectivity index (χ2v) is 9.25. The van der Waals surface area contributed by atoms with Crippen LogP contribution in [0, 0.1) is 5.92 Å². The first-order valence-electron chi connectivity index (χ1n) is 7.90. The molecule has 2 N–H and O–H groups in total. The topological polar surface area (TPSA) is 75.3 Å². The second kappa shape index (κ2) is 7.04. The lowest BCUT2D eigenvalue weighted by Crippen LogP contribution is -2.50. The lowest BCUT2D eigenvalue weighted by Gasteiger charge is -2.30. The number of thiophene rings is 1. The number of nitrogens with one attached hydrogen (secondary N) is 2. The molecule has 1 amide bonds. The molecule has 5 nitrogen and oxygen atoms in total. The summed E-state index contributed by atoms with van der Waals surface area (Å²) >= 11 is 1.01. The minimum absolute atomic E-state index is 0.0718. The molecule has 1 saturated heterocycles. The van der Waals surface area contributed by atoms with E-state index >= 15 is 0 Å². The van der Waals surface area contributed by atoms with Crippen molar-refractivity contribution in [3.8, 4) is 0 Å². The first kappa shape index (κ1) is 17.1. The fourth-order valence-corrected chi connectivity index (χ4v) is 5.36. The Kier molecular flexibility index (Phi) is 5.03. The van der Waals surface area contributed by atoms with Crippen LogP contribution in [-0.4, -0.2) is 33.5 Å². The highest BCUT2D eigenvalue weighted by Crippen LogP contribution is 2.28. The van der Waals surface area contributed by atoms with Crippen LogP contribution in [0.5, 0.6) is 0 Å². The molecule has 1 aromatic carbocycles. The Morgan fingerprint density at radius 1 is 1.21 bits per heavy atom. The summed E-state index contributed by atoms with van der Waals surface area (Å²) in [5.74, 6) is 0.192. The van der Waals surface area contributed by atoms with Crippen molar-refractivity contribution >= 4 is 27.1 Å². The highest BCUT2D eigenvalue weighted by Gasteiger charge is 2.25. The van der Waals surface area contributed by atoms with Crippen LogP contribution in [0.25, 0.3) is 0 Å². The Bertz CT molecular complexity index is 815. The molecule has 7 heteroatoms. The number of carbonyl (C=O) groups excluding carboxylic acids is 1.